The van der Waals surface area contributed by atoms with Crippen LogP contribution in [0.3, 0.4) is 0 Å². The topological polar surface area (TPSA) is 92.5 Å². The van der Waals surface area contributed by atoms with Gasteiger partial charge in [0, 0.05) is 16.8 Å². The van der Waals surface area contributed by atoms with Gasteiger partial charge in [0.1, 0.15) is 5.69 Å². The molecule has 0 heterocycles. The Morgan fingerprint density at radius 1 is 1.27 bits per heavy atom. The molecule has 0 aromatic heterocycles. The summed E-state index contributed by atoms with van der Waals surface area (Å²) in [5.41, 5.74) is 1.21. The van der Waals surface area contributed by atoms with E-state index in [0.29, 0.717) is 16.3 Å². The molecule has 0 saturated heterocycles. The van der Waals surface area contributed by atoms with Crippen LogP contribution in [-0.4, -0.2) is 16.0 Å². The van der Waals surface area contributed by atoms with Gasteiger partial charge in [0.05, 0.1) is 10.8 Å². The third kappa shape index (κ3) is 3.53. The van der Waals surface area contributed by atoms with E-state index in [1.807, 2.05) is 0 Å². The largest absolute Gasteiger partial charge is 0.481 e. The third-order valence-electron chi connectivity index (χ3n) is 3.21. The number of nitro benzene ring substituents is 1. The van der Waals surface area contributed by atoms with E-state index in [1.165, 1.54) is 25.1 Å². The highest BCUT2D eigenvalue weighted by Crippen LogP contribution is 2.31. The summed E-state index contributed by atoms with van der Waals surface area (Å²) in [6.07, 6.45) is 0. The van der Waals surface area contributed by atoms with Gasteiger partial charge in [-0.3, -0.25) is 14.9 Å². The maximum Gasteiger partial charge on any atom is 0.310 e. The highest BCUT2D eigenvalue weighted by atomic mass is 35.5. The van der Waals surface area contributed by atoms with Crippen LogP contribution in [0.2, 0.25) is 5.02 Å². The van der Waals surface area contributed by atoms with E-state index in [9.17, 15) is 14.9 Å². The molecule has 22 heavy (non-hydrogen) atoms. The maximum atomic E-state index is 11.1. The van der Waals surface area contributed by atoms with Crippen LogP contribution in [0.25, 0.3) is 0 Å². The summed E-state index contributed by atoms with van der Waals surface area (Å²) in [6.45, 7) is 1.52. The maximum absolute atomic E-state index is 11.1. The molecule has 1 unspecified atom stereocenters. The summed E-state index contributed by atoms with van der Waals surface area (Å²) in [5.74, 6) is -1.75. The summed E-state index contributed by atoms with van der Waals surface area (Å²) in [5, 5.41) is 23.6. The molecule has 0 aliphatic carbocycles. The van der Waals surface area contributed by atoms with E-state index in [-0.39, 0.29) is 11.4 Å². The van der Waals surface area contributed by atoms with Gasteiger partial charge in [-0.2, -0.15) is 0 Å². The molecular formula is C15H13ClN2O4. The second-order valence-electron chi connectivity index (χ2n) is 4.73. The molecule has 6 nitrogen and oxygen atoms in total. The lowest BCUT2D eigenvalue weighted by atomic mass is 10.00. The lowest BCUT2D eigenvalue weighted by Crippen LogP contribution is -2.08. The van der Waals surface area contributed by atoms with Gasteiger partial charge in [0.15, 0.2) is 0 Å². The van der Waals surface area contributed by atoms with Crippen molar-refractivity contribution < 1.29 is 14.8 Å². The van der Waals surface area contributed by atoms with Crippen LogP contribution in [0.15, 0.2) is 42.5 Å². The van der Waals surface area contributed by atoms with Crippen LogP contribution < -0.4 is 5.32 Å². The predicted molar refractivity (Wildman–Crippen MR) is 83.9 cm³/mol. The molecule has 114 valence electrons. The van der Waals surface area contributed by atoms with Gasteiger partial charge in [-0.15, -0.1) is 0 Å². The minimum Gasteiger partial charge on any atom is -0.481 e. The zero-order valence-electron chi connectivity index (χ0n) is 11.6. The summed E-state index contributed by atoms with van der Waals surface area (Å²) in [4.78, 5) is 21.6. The van der Waals surface area contributed by atoms with E-state index in [2.05, 4.69) is 5.32 Å². The van der Waals surface area contributed by atoms with Gasteiger partial charge >= 0.3 is 5.97 Å². The normalized spacial score (nSPS) is 11.7. The van der Waals surface area contributed by atoms with Crippen molar-refractivity contribution in [1.29, 1.82) is 0 Å². The fourth-order valence-electron chi connectivity index (χ4n) is 1.91. The van der Waals surface area contributed by atoms with Crippen LogP contribution in [-0.2, 0) is 4.79 Å². The Kier molecular flexibility index (Phi) is 4.62. The van der Waals surface area contributed by atoms with Gasteiger partial charge in [0.2, 0.25) is 0 Å². The molecule has 2 aromatic rings. The van der Waals surface area contributed by atoms with Crippen molar-refractivity contribution in [1.82, 2.24) is 0 Å². The van der Waals surface area contributed by atoms with Crippen molar-refractivity contribution in [2.24, 2.45) is 0 Å². The van der Waals surface area contributed by atoms with Crippen LogP contribution in [0.1, 0.15) is 18.4 Å². The zero-order valence-corrected chi connectivity index (χ0v) is 12.4. The van der Waals surface area contributed by atoms with Gasteiger partial charge in [-0.1, -0.05) is 17.7 Å². The molecule has 0 radical (unpaired) electrons. The minimum atomic E-state index is -0.994. The van der Waals surface area contributed by atoms with E-state index in [0.717, 1.165) is 0 Å². The van der Waals surface area contributed by atoms with E-state index in [1.54, 1.807) is 24.3 Å². The second kappa shape index (κ2) is 6.44. The van der Waals surface area contributed by atoms with Gasteiger partial charge < -0.3 is 10.4 Å². The van der Waals surface area contributed by atoms with Crippen LogP contribution in [0.4, 0.5) is 17.1 Å². The van der Waals surface area contributed by atoms with Crippen molar-refractivity contribution >= 4 is 34.6 Å². The number of rotatable bonds is 5. The fourth-order valence-corrected chi connectivity index (χ4v) is 2.04. The van der Waals surface area contributed by atoms with Crippen molar-refractivity contribution in [3.05, 3.63) is 63.2 Å². The molecule has 0 aliphatic rings. The molecule has 2 aromatic carbocycles. The molecule has 0 saturated carbocycles. The van der Waals surface area contributed by atoms with Crippen molar-refractivity contribution in [2.75, 3.05) is 5.32 Å². The van der Waals surface area contributed by atoms with Gasteiger partial charge in [-0.05, 0) is 42.8 Å². The molecule has 7 heteroatoms. The number of halogens is 1. The van der Waals surface area contributed by atoms with Gasteiger partial charge in [-0.25, -0.2) is 0 Å². The Morgan fingerprint density at radius 3 is 2.45 bits per heavy atom. The van der Waals surface area contributed by atoms with E-state index < -0.39 is 16.8 Å². The zero-order chi connectivity index (χ0) is 16.3. The fraction of sp³-hybridized carbons (Fsp3) is 0.133. The number of carboxylic acid groups (broad SMARTS) is 1. The predicted octanol–water partition coefficient (Wildman–Crippen LogP) is 4.18. The van der Waals surface area contributed by atoms with E-state index >= 15 is 0 Å². The van der Waals surface area contributed by atoms with Crippen molar-refractivity contribution in [3.8, 4) is 0 Å². The number of anilines is 2. The molecular weight excluding hydrogens is 308 g/mol. The Hall–Kier alpha value is -2.60. The quantitative estimate of drug-likeness (QED) is 0.636. The number of aliphatic carboxylic acids is 1. The molecule has 0 fully saturated rings. The number of hydrogen-bond acceptors (Lipinski definition) is 4. The summed E-state index contributed by atoms with van der Waals surface area (Å²) < 4.78 is 0. The number of carbonyl (C=O) groups is 1. The number of nitrogens with one attached hydrogen (secondary N) is 1. The summed E-state index contributed by atoms with van der Waals surface area (Å²) >= 11 is 5.80. The molecule has 0 amide bonds. The first-order valence-electron chi connectivity index (χ1n) is 6.42. The first kappa shape index (κ1) is 15.8. The highest BCUT2D eigenvalue weighted by Gasteiger charge is 2.19. The summed E-state index contributed by atoms with van der Waals surface area (Å²) in [7, 11) is 0. The minimum absolute atomic E-state index is 0.128. The lowest BCUT2D eigenvalue weighted by molar-refractivity contribution is -0.383. The van der Waals surface area contributed by atoms with Crippen LogP contribution in [0, 0.1) is 10.1 Å². The van der Waals surface area contributed by atoms with Gasteiger partial charge in [0.25, 0.3) is 5.69 Å². The molecule has 0 spiro atoms. The summed E-state index contributed by atoms with van der Waals surface area (Å²) in [6, 6.07) is 10.9. The highest BCUT2D eigenvalue weighted by molar-refractivity contribution is 6.30. The Bertz CT molecular complexity index is 716. The number of carboxylic acids is 1. The monoisotopic (exact) mass is 320 g/mol. The van der Waals surface area contributed by atoms with Crippen molar-refractivity contribution in [2.45, 2.75) is 12.8 Å². The first-order valence-corrected chi connectivity index (χ1v) is 6.80. The first-order chi connectivity index (χ1) is 10.4. The lowest BCUT2D eigenvalue weighted by Gasteiger charge is -2.11. The third-order valence-corrected chi connectivity index (χ3v) is 3.46. The van der Waals surface area contributed by atoms with Crippen LogP contribution in [0.5, 0.6) is 0 Å². The molecule has 1 atom stereocenters. The second-order valence-corrected chi connectivity index (χ2v) is 5.16. The number of nitrogens with zero attached hydrogens (tertiary/aromatic N) is 1. The Labute approximate surface area is 131 Å². The number of benzene rings is 2. The number of hydrogen-bond donors (Lipinski definition) is 2. The molecule has 0 bridgehead atoms. The van der Waals surface area contributed by atoms with Crippen molar-refractivity contribution in [3.63, 3.8) is 0 Å². The smallest absolute Gasteiger partial charge is 0.310 e. The molecule has 2 rings (SSSR count). The van der Waals surface area contributed by atoms with Crippen LogP contribution >= 0.6 is 11.6 Å². The SMILES string of the molecule is CC(C(=O)O)c1ccc([N+](=O)[O-])c(Nc2ccc(Cl)cc2)c1. The Balaban J connectivity index is 2.41. The molecule has 0 aliphatic heterocycles. The van der Waals surface area contributed by atoms with E-state index in [4.69, 9.17) is 16.7 Å². The average Bonchev–Trinajstić information content (AvgIpc) is 2.48. The number of nitro groups is 1. The standard InChI is InChI=1S/C15H13ClN2O4/c1-9(15(19)20)10-2-7-14(18(21)22)13(8-10)17-12-5-3-11(16)4-6-12/h2-9,17H,1H3,(H,19,20). The Morgan fingerprint density at radius 2 is 1.91 bits per heavy atom. The average molecular weight is 321 g/mol. The molecule has 2 N–H and O–H groups in total.